The first kappa shape index (κ1) is 21.7. The number of thioether (sulfide) groups is 1. The fraction of sp³-hybridized carbons (Fsp3) is 0.200. The fourth-order valence-corrected chi connectivity index (χ4v) is 4.09. The number of ether oxygens (including phenoxy) is 2. The Morgan fingerprint density at radius 2 is 2.03 bits per heavy atom. The number of hydrogen-bond donors (Lipinski definition) is 3. The number of carbonyl (C=O) groups excluding carboxylic acids is 1. The van der Waals surface area contributed by atoms with Gasteiger partial charge in [-0.25, -0.2) is 9.78 Å². The molecule has 1 unspecified atom stereocenters. The number of nitriles is 2. The van der Waals surface area contributed by atoms with E-state index in [0.29, 0.717) is 17.2 Å². The predicted octanol–water partition coefficient (Wildman–Crippen LogP) is 1.03. The van der Waals surface area contributed by atoms with Crippen molar-refractivity contribution in [3.63, 3.8) is 0 Å². The largest absolute Gasteiger partial charge is 0.454 e. The lowest BCUT2D eigenvalue weighted by Gasteiger charge is -2.14. The topological polar surface area (TPSA) is 184 Å². The lowest BCUT2D eigenvalue weighted by atomic mass is 10.0. The van der Waals surface area contributed by atoms with E-state index in [9.17, 15) is 20.1 Å². The number of aromatic amines is 1. The molecule has 0 aliphatic carbocycles. The van der Waals surface area contributed by atoms with Crippen LogP contribution in [0.1, 0.15) is 18.1 Å². The second-order valence-corrected chi connectivity index (χ2v) is 8.19. The van der Waals surface area contributed by atoms with Crippen molar-refractivity contribution in [2.24, 2.45) is 7.05 Å². The van der Waals surface area contributed by atoms with Gasteiger partial charge in [-0.05, 0) is 24.3 Å². The molecule has 1 amide bonds. The van der Waals surface area contributed by atoms with Gasteiger partial charge >= 0.3 is 11.3 Å². The van der Waals surface area contributed by atoms with E-state index in [1.165, 1.54) is 11.7 Å². The number of nitrogens with two attached hydrogens (primary N) is 1. The zero-order valence-corrected chi connectivity index (χ0v) is 18.1. The number of nitrogens with zero attached hydrogens (tertiary/aromatic N) is 4. The van der Waals surface area contributed by atoms with Gasteiger partial charge in [-0.1, -0.05) is 16.4 Å². The average molecular weight is 466 g/mol. The summed E-state index contributed by atoms with van der Waals surface area (Å²) >= 11 is 0.961. The van der Waals surface area contributed by atoms with Crippen molar-refractivity contribution in [1.82, 2.24) is 10.3 Å². The van der Waals surface area contributed by atoms with Gasteiger partial charge < -0.3 is 20.5 Å². The maximum Gasteiger partial charge on any atom is 0.435 e. The van der Waals surface area contributed by atoms with Crippen LogP contribution in [-0.4, -0.2) is 28.2 Å². The van der Waals surface area contributed by atoms with Gasteiger partial charge in [-0.15, -0.1) is 0 Å². The summed E-state index contributed by atoms with van der Waals surface area (Å²) in [7, 11) is 1.48. The minimum absolute atomic E-state index is 0.0177. The van der Waals surface area contributed by atoms with Gasteiger partial charge in [0.15, 0.2) is 18.5 Å². The molecular weight excluding hydrogens is 450 g/mol. The van der Waals surface area contributed by atoms with Gasteiger partial charge in [0.25, 0.3) is 0 Å². The van der Waals surface area contributed by atoms with E-state index in [4.69, 9.17) is 19.7 Å². The van der Waals surface area contributed by atoms with Crippen molar-refractivity contribution < 1.29 is 23.5 Å². The second kappa shape index (κ2) is 8.57. The number of anilines is 2. The maximum atomic E-state index is 12.8. The molecule has 2 aromatic heterocycles. The number of H-pyrrole nitrogens is 1. The monoisotopic (exact) mass is 466 g/mol. The van der Waals surface area contributed by atoms with Crippen LogP contribution in [0.25, 0.3) is 11.3 Å². The van der Waals surface area contributed by atoms with Gasteiger partial charge in [-0.2, -0.15) is 10.5 Å². The molecule has 33 heavy (non-hydrogen) atoms. The molecule has 1 atom stereocenters. The van der Waals surface area contributed by atoms with Crippen molar-refractivity contribution in [2.75, 3.05) is 17.8 Å². The first-order valence-electron chi connectivity index (χ1n) is 9.42. The number of nitrogens with one attached hydrogen (secondary N) is 2. The van der Waals surface area contributed by atoms with Crippen molar-refractivity contribution in [3.05, 3.63) is 39.7 Å². The Labute approximate surface area is 190 Å². The summed E-state index contributed by atoms with van der Waals surface area (Å²) in [5.41, 5.74) is 5.36. The predicted molar refractivity (Wildman–Crippen MR) is 114 cm³/mol. The maximum absolute atomic E-state index is 12.8. The molecule has 1 aliphatic heterocycles. The summed E-state index contributed by atoms with van der Waals surface area (Å²) in [6, 6.07) is 8.84. The van der Waals surface area contributed by atoms with Crippen LogP contribution in [0, 0.1) is 22.7 Å². The fourth-order valence-electron chi connectivity index (χ4n) is 3.17. The van der Waals surface area contributed by atoms with E-state index in [0.717, 1.165) is 11.8 Å². The number of fused-ring (bicyclic) bond motifs is 1. The summed E-state index contributed by atoms with van der Waals surface area (Å²) in [6.07, 6.45) is 0. The highest BCUT2D eigenvalue weighted by atomic mass is 32.2. The van der Waals surface area contributed by atoms with Crippen LogP contribution >= 0.6 is 11.8 Å². The Morgan fingerprint density at radius 3 is 2.70 bits per heavy atom. The molecule has 3 heterocycles. The molecule has 3 aromatic rings. The Hall–Kier alpha value is -4.49. The summed E-state index contributed by atoms with van der Waals surface area (Å²) < 4.78 is 16.5. The van der Waals surface area contributed by atoms with E-state index in [-0.39, 0.29) is 45.9 Å². The highest BCUT2D eigenvalue weighted by Crippen LogP contribution is 2.36. The highest BCUT2D eigenvalue weighted by molar-refractivity contribution is 8.00. The van der Waals surface area contributed by atoms with Crippen LogP contribution in [-0.2, 0) is 11.8 Å². The van der Waals surface area contributed by atoms with Gasteiger partial charge in [0.1, 0.15) is 34.1 Å². The quantitative estimate of drug-likeness (QED) is 0.362. The summed E-state index contributed by atoms with van der Waals surface area (Å²) in [5, 5.41) is 23.9. The molecule has 4 rings (SSSR count). The van der Waals surface area contributed by atoms with E-state index >= 15 is 0 Å². The molecule has 0 spiro atoms. The first-order valence-corrected chi connectivity index (χ1v) is 10.3. The van der Waals surface area contributed by atoms with Gasteiger partial charge in [0.05, 0.1) is 10.8 Å². The van der Waals surface area contributed by atoms with Crippen molar-refractivity contribution in [1.29, 1.82) is 10.5 Å². The van der Waals surface area contributed by atoms with Crippen LogP contribution in [0.4, 0.5) is 11.5 Å². The average Bonchev–Trinajstić information content (AvgIpc) is 3.38. The van der Waals surface area contributed by atoms with E-state index < -0.39 is 10.9 Å². The van der Waals surface area contributed by atoms with E-state index in [1.54, 1.807) is 25.1 Å². The smallest absolute Gasteiger partial charge is 0.435 e. The van der Waals surface area contributed by atoms with Gasteiger partial charge in [-0.3, -0.25) is 9.32 Å². The molecule has 0 radical (unpaired) electrons. The molecule has 0 fully saturated rings. The standard InChI is InChI=1S/C20H15N7O5S/c1-9(18(28)24-10-3-4-13-14(5-10)31-8-30-13)33-19-12(7-22)15(11(6-21)17(23)25-19)16-20(29)32-26-27(16)2/h3-5,9H,8H2,1-2H3,(H3-,23,24,25,26,28,29)/p+1. The normalized spacial score (nSPS) is 12.6. The van der Waals surface area contributed by atoms with E-state index in [1.807, 2.05) is 12.1 Å². The molecule has 4 N–H and O–H groups in total. The Balaban J connectivity index is 1.67. The molecule has 0 saturated heterocycles. The third-order valence-corrected chi connectivity index (χ3v) is 5.84. The highest BCUT2D eigenvalue weighted by Gasteiger charge is 2.32. The molecule has 13 heteroatoms. The molecule has 0 bridgehead atoms. The molecule has 1 aromatic carbocycles. The minimum Gasteiger partial charge on any atom is -0.454 e. The number of pyridine rings is 1. The van der Waals surface area contributed by atoms with E-state index in [2.05, 4.69) is 15.6 Å². The van der Waals surface area contributed by atoms with Crippen LogP contribution in [0.5, 0.6) is 11.5 Å². The summed E-state index contributed by atoms with van der Waals surface area (Å²) in [6.45, 7) is 1.73. The lowest BCUT2D eigenvalue weighted by Crippen LogP contribution is -2.34. The molecular formula is C20H16N7O5S+. The molecule has 166 valence electrons. The number of aromatic nitrogens is 3. The third-order valence-electron chi connectivity index (χ3n) is 4.75. The molecule has 12 nitrogen and oxygen atoms in total. The van der Waals surface area contributed by atoms with Crippen LogP contribution in [0.15, 0.2) is 32.5 Å². The van der Waals surface area contributed by atoms with Crippen LogP contribution in [0.2, 0.25) is 0 Å². The van der Waals surface area contributed by atoms with Crippen LogP contribution < -0.4 is 30.8 Å². The van der Waals surface area contributed by atoms with Gasteiger partial charge in [0.2, 0.25) is 12.7 Å². The number of aryl methyl sites for hydroxylation is 1. The molecule has 1 aliphatic rings. The SMILES string of the molecule is CC(Sc1nc(N)c(C#N)c(-c2c(=O)o[nH][n+]2C)c1C#N)C(=O)Nc1ccc2c(c1)OCO2. The Morgan fingerprint density at radius 1 is 1.30 bits per heavy atom. The summed E-state index contributed by atoms with van der Waals surface area (Å²) in [5.74, 6) is 0.546. The van der Waals surface area contributed by atoms with Crippen molar-refractivity contribution >= 4 is 29.2 Å². The Kier molecular flexibility index (Phi) is 5.64. The second-order valence-electron chi connectivity index (χ2n) is 6.86. The minimum atomic E-state index is -0.791. The molecule has 0 saturated carbocycles. The van der Waals surface area contributed by atoms with Crippen LogP contribution in [0.3, 0.4) is 0 Å². The van der Waals surface area contributed by atoms with Crippen molar-refractivity contribution in [3.8, 4) is 34.9 Å². The first-order chi connectivity index (χ1) is 15.8. The Bertz CT molecular complexity index is 1420. The number of carbonyl (C=O) groups is 1. The number of hydrogen-bond acceptors (Lipinski definition) is 10. The third kappa shape index (κ3) is 3.93. The van der Waals surface area contributed by atoms with Crippen molar-refractivity contribution in [2.45, 2.75) is 17.2 Å². The number of amides is 1. The number of nitrogen functional groups attached to an aromatic ring is 1. The number of benzene rings is 1. The number of rotatable bonds is 5. The zero-order valence-electron chi connectivity index (χ0n) is 17.3. The lowest BCUT2D eigenvalue weighted by molar-refractivity contribution is -0.730. The van der Waals surface area contributed by atoms with Gasteiger partial charge in [0, 0.05) is 11.8 Å². The summed E-state index contributed by atoms with van der Waals surface area (Å²) in [4.78, 5) is 29.1. The zero-order chi connectivity index (χ0) is 23.7.